The molecule has 0 amide bonds. The van der Waals surface area contributed by atoms with E-state index < -0.39 is 0 Å². The number of halogens is 1. The molecule has 0 bridgehead atoms. The molecule has 5 nitrogen and oxygen atoms in total. The van der Waals surface area contributed by atoms with Crippen LogP contribution in [0.15, 0.2) is 35.3 Å². The minimum atomic E-state index is -0.297. The standard InChI is InChI=1S/C15H16ClN3O2/c1-19-15(20)14(16)12(9-18-19)17-8-10-6-7-21-13-5-3-2-4-11(10)13/h2-5,9-10,17H,6-8H2,1H3. The van der Waals surface area contributed by atoms with E-state index in [9.17, 15) is 4.79 Å². The van der Waals surface area contributed by atoms with E-state index in [-0.39, 0.29) is 10.6 Å². The lowest BCUT2D eigenvalue weighted by Crippen LogP contribution is -2.24. The summed E-state index contributed by atoms with van der Waals surface area (Å²) in [6.45, 7) is 1.39. The fourth-order valence-electron chi connectivity index (χ4n) is 2.50. The van der Waals surface area contributed by atoms with Crippen molar-refractivity contribution in [3.8, 4) is 5.75 Å². The summed E-state index contributed by atoms with van der Waals surface area (Å²) in [5.41, 5.74) is 1.46. The monoisotopic (exact) mass is 305 g/mol. The number of aryl methyl sites for hydroxylation is 1. The topological polar surface area (TPSA) is 56.1 Å². The average Bonchev–Trinajstić information content (AvgIpc) is 2.52. The number of nitrogens with one attached hydrogen (secondary N) is 1. The van der Waals surface area contributed by atoms with E-state index in [2.05, 4.69) is 16.5 Å². The number of ether oxygens (including phenoxy) is 1. The van der Waals surface area contributed by atoms with Gasteiger partial charge in [0.05, 0.1) is 18.5 Å². The first-order chi connectivity index (χ1) is 10.2. The number of hydrogen-bond donors (Lipinski definition) is 1. The zero-order chi connectivity index (χ0) is 14.8. The number of rotatable bonds is 3. The molecule has 1 N–H and O–H groups in total. The summed E-state index contributed by atoms with van der Waals surface area (Å²) in [6, 6.07) is 8.03. The van der Waals surface area contributed by atoms with Gasteiger partial charge in [-0.15, -0.1) is 0 Å². The van der Waals surface area contributed by atoms with Crippen LogP contribution in [0.3, 0.4) is 0 Å². The van der Waals surface area contributed by atoms with Crippen LogP contribution in [0.4, 0.5) is 5.69 Å². The van der Waals surface area contributed by atoms with Crippen LogP contribution in [0.2, 0.25) is 5.02 Å². The maximum atomic E-state index is 11.7. The Morgan fingerprint density at radius 1 is 1.48 bits per heavy atom. The van der Waals surface area contributed by atoms with Crippen LogP contribution in [0.5, 0.6) is 5.75 Å². The molecule has 0 radical (unpaired) electrons. The number of aromatic nitrogens is 2. The van der Waals surface area contributed by atoms with Crippen LogP contribution in [0, 0.1) is 0 Å². The molecule has 1 aromatic carbocycles. The molecule has 6 heteroatoms. The van der Waals surface area contributed by atoms with Gasteiger partial charge in [0.1, 0.15) is 10.8 Å². The van der Waals surface area contributed by atoms with Gasteiger partial charge in [0.25, 0.3) is 5.56 Å². The summed E-state index contributed by atoms with van der Waals surface area (Å²) >= 11 is 6.06. The van der Waals surface area contributed by atoms with Gasteiger partial charge in [-0.05, 0) is 18.1 Å². The Bertz CT molecular complexity index is 714. The minimum absolute atomic E-state index is 0.174. The zero-order valence-electron chi connectivity index (χ0n) is 11.7. The summed E-state index contributed by atoms with van der Waals surface area (Å²) in [4.78, 5) is 11.7. The van der Waals surface area contributed by atoms with Gasteiger partial charge < -0.3 is 10.1 Å². The molecule has 110 valence electrons. The number of para-hydroxylation sites is 1. The fraction of sp³-hybridized carbons (Fsp3) is 0.333. The van der Waals surface area contributed by atoms with Gasteiger partial charge in [0.15, 0.2) is 0 Å². The van der Waals surface area contributed by atoms with E-state index in [4.69, 9.17) is 16.3 Å². The Morgan fingerprint density at radius 2 is 2.29 bits per heavy atom. The fourth-order valence-corrected chi connectivity index (χ4v) is 2.73. The summed E-state index contributed by atoms with van der Waals surface area (Å²) in [7, 11) is 1.58. The van der Waals surface area contributed by atoms with Crippen LogP contribution >= 0.6 is 11.6 Å². The van der Waals surface area contributed by atoms with E-state index in [0.29, 0.717) is 24.8 Å². The molecule has 0 aliphatic carbocycles. The van der Waals surface area contributed by atoms with Gasteiger partial charge in [-0.2, -0.15) is 5.10 Å². The lowest BCUT2D eigenvalue weighted by molar-refractivity contribution is 0.270. The van der Waals surface area contributed by atoms with E-state index in [1.165, 1.54) is 10.2 Å². The van der Waals surface area contributed by atoms with Gasteiger partial charge in [0.2, 0.25) is 0 Å². The smallest absolute Gasteiger partial charge is 0.287 e. The molecule has 1 aliphatic heterocycles. The van der Waals surface area contributed by atoms with Crippen molar-refractivity contribution >= 4 is 17.3 Å². The maximum absolute atomic E-state index is 11.7. The predicted octanol–water partition coefficient (Wildman–Crippen LogP) is 2.41. The Hall–Kier alpha value is -2.01. The zero-order valence-corrected chi connectivity index (χ0v) is 12.4. The lowest BCUT2D eigenvalue weighted by Gasteiger charge is -2.26. The third-order valence-corrected chi connectivity index (χ3v) is 4.07. The third-order valence-electron chi connectivity index (χ3n) is 3.70. The normalized spacial score (nSPS) is 17.0. The summed E-state index contributed by atoms with van der Waals surface area (Å²) < 4.78 is 6.86. The molecule has 0 saturated carbocycles. The van der Waals surface area contributed by atoms with Crippen molar-refractivity contribution in [1.29, 1.82) is 0 Å². The molecule has 0 fully saturated rings. The highest BCUT2D eigenvalue weighted by molar-refractivity contribution is 6.32. The van der Waals surface area contributed by atoms with Crippen LogP contribution < -0.4 is 15.6 Å². The van der Waals surface area contributed by atoms with Crippen molar-refractivity contribution in [1.82, 2.24) is 9.78 Å². The van der Waals surface area contributed by atoms with Gasteiger partial charge in [-0.1, -0.05) is 29.8 Å². The van der Waals surface area contributed by atoms with E-state index in [0.717, 1.165) is 12.2 Å². The van der Waals surface area contributed by atoms with Crippen molar-refractivity contribution in [2.24, 2.45) is 7.05 Å². The van der Waals surface area contributed by atoms with Crippen molar-refractivity contribution in [3.63, 3.8) is 0 Å². The maximum Gasteiger partial charge on any atom is 0.287 e. The second-order valence-electron chi connectivity index (χ2n) is 5.05. The molecular weight excluding hydrogens is 290 g/mol. The molecule has 1 aromatic heterocycles. The number of nitrogens with zero attached hydrogens (tertiary/aromatic N) is 2. The number of hydrogen-bond acceptors (Lipinski definition) is 4. The summed E-state index contributed by atoms with van der Waals surface area (Å²) in [6.07, 6.45) is 2.51. The first-order valence-electron chi connectivity index (χ1n) is 6.84. The van der Waals surface area contributed by atoms with Gasteiger partial charge in [-0.3, -0.25) is 4.79 Å². The molecule has 21 heavy (non-hydrogen) atoms. The molecular formula is C15H16ClN3O2. The van der Waals surface area contributed by atoms with E-state index in [1.54, 1.807) is 13.2 Å². The molecule has 2 heterocycles. The summed E-state index contributed by atoms with van der Waals surface area (Å²) in [5, 5.41) is 7.38. The second kappa shape index (κ2) is 5.77. The van der Waals surface area contributed by atoms with Gasteiger partial charge in [0, 0.05) is 19.5 Å². The van der Waals surface area contributed by atoms with Crippen molar-refractivity contribution in [3.05, 3.63) is 51.4 Å². The second-order valence-corrected chi connectivity index (χ2v) is 5.43. The number of anilines is 1. The molecule has 1 atom stereocenters. The average molecular weight is 306 g/mol. The van der Waals surface area contributed by atoms with Crippen molar-refractivity contribution in [2.45, 2.75) is 12.3 Å². The molecule has 0 saturated heterocycles. The Kier molecular flexibility index (Phi) is 3.84. The van der Waals surface area contributed by atoms with Gasteiger partial charge >= 0.3 is 0 Å². The number of benzene rings is 1. The SMILES string of the molecule is Cn1ncc(NCC2CCOc3ccccc32)c(Cl)c1=O. The Balaban J connectivity index is 1.78. The minimum Gasteiger partial charge on any atom is -0.493 e. The highest BCUT2D eigenvalue weighted by Gasteiger charge is 2.21. The third kappa shape index (κ3) is 2.74. The van der Waals surface area contributed by atoms with Crippen molar-refractivity contribution < 1.29 is 4.74 Å². The van der Waals surface area contributed by atoms with Crippen LogP contribution in [-0.4, -0.2) is 22.9 Å². The summed E-state index contributed by atoms with van der Waals surface area (Å²) in [5.74, 6) is 1.26. The largest absolute Gasteiger partial charge is 0.493 e. The molecule has 2 aromatic rings. The molecule has 0 spiro atoms. The van der Waals surface area contributed by atoms with Crippen LogP contribution in [0.25, 0.3) is 0 Å². The lowest BCUT2D eigenvalue weighted by atomic mass is 9.93. The quantitative estimate of drug-likeness (QED) is 0.946. The van der Waals surface area contributed by atoms with Crippen LogP contribution in [-0.2, 0) is 7.05 Å². The first-order valence-corrected chi connectivity index (χ1v) is 7.22. The first kappa shape index (κ1) is 13.9. The molecule has 1 unspecified atom stereocenters. The highest BCUT2D eigenvalue weighted by Crippen LogP contribution is 2.33. The van der Waals surface area contributed by atoms with Gasteiger partial charge in [-0.25, -0.2) is 4.68 Å². The van der Waals surface area contributed by atoms with Crippen molar-refractivity contribution in [2.75, 3.05) is 18.5 Å². The number of fused-ring (bicyclic) bond motifs is 1. The molecule has 1 aliphatic rings. The van der Waals surface area contributed by atoms with E-state index >= 15 is 0 Å². The molecule has 3 rings (SSSR count). The Labute approximate surface area is 127 Å². The van der Waals surface area contributed by atoms with E-state index in [1.807, 2.05) is 18.2 Å². The highest BCUT2D eigenvalue weighted by atomic mass is 35.5. The predicted molar refractivity (Wildman–Crippen MR) is 82.3 cm³/mol. The van der Waals surface area contributed by atoms with Crippen LogP contribution in [0.1, 0.15) is 17.9 Å². The Morgan fingerprint density at radius 3 is 3.14 bits per heavy atom.